The van der Waals surface area contributed by atoms with Crippen molar-refractivity contribution in [2.24, 2.45) is 0 Å². The number of benzene rings is 2. The van der Waals surface area contributed by atoms with Crippen molar-refractivity contribution in [3.8, 4) is 5.75 Å². The van der Waals surface area contributed by atoms with Gasteiger partial charge in [-0.1, -0.05) is 30.3 Å². The predicted octanol–water partition coefficient (Wildman–Crippen LogP) is 2.05. The number of hydrogen-bond acceptors (Lipinski definition) is 5. The molecule has 140 valence electrons. The number of rotatable bonds is 7. The van der Waals surface area contributed by atoms with Gasteiger partial charge in [-0.3, -0.25) is 4.90 Å². The molecule has 0 aromatic heterocycles. The van der Waals surface area contributed by atoms with Crippen molar-refractivity contribution >= 4 is 10.0 Å². The Hall–Kier alpha value is -1.93. The number of nitrogens with one attached hydrogen (secondary N) is 1. The van der Waals surface area contributed by atoms with Gasteiger partial charge in [0.2, 0.25) is 10.0 Å². The summed E-state index contributed by atoms with van der Waals surface area (Å²) in [6, 6.07) is 16.1. The van der Waals surface area contributed by atoms with Gasteiger partial charge in [0.25, 0.3) is 0 Å². The van der Waals surface area contributed by atoms with E-state index in [-0.39, 0.29) is 10.9 Å². The number of hydrogen-bond donors (Lipinski definition) is 1. The lowest BCUT2D eigenvalue weighted by Crippen LogP contribution is -2.43. The van der Waals surface area contributed by atoms with Gasteiger partial charge in [0, 0.05) is 25.7 Å². The van der Waals surface area contributed by atoms with Gasteiger partial charge >= 0.3 is 0 Å². The molecule has 1 N–H and O–H groups in total. The first-order valence-corrected chi connectivity index (χ1v) is 10.1. The minimum atomic E-state index is -3.55. The molecule has 0 bridgehead atoms. The Morgan fingerprint density at radius 1 is 1.08 bits per heavy atom. The van der Waals surface area contributed by atoms with Crippen LogP contribution in [0.1, 0.15) is 11.6 Å². The summed E-state index contributed by atoms with van der Waals surface area (Å²) in [5.41, 5.74) is 1.04. The second kappa shape index (κ2) is 8.64. The van der Waals surface area contributed by atoms with Crippen LogP contribution >= 0.6 is 0 Å². The molecule has 1 aliphatic heterocycles. The second-order valence-electron chi connectivity index (χ2n) is 6.10. The fourth-order valence-corrected chi connectivity index (χ4v) is 4.10. The fraction of sp³-hybridized carbons (Fsp3) is 0.368. The lowest BCUT2D eigenvalue weighted by Gasteiger charge is -2.35. The Bertz CT molecular complexity index is 788. The summed E-state index contributed by atoms with van der Waals surface area (Å²) in [4.78, 5) is 2.52. The summed E-state index contributed by atoms with van der Waals surface area (Å²) in [6.45, 7) is 3.13. The molecule has 1 fully saturated rings. The van der Waals surface area contributed by atoms with E-state index in [4.69, 9.17) is 9.47 Å². The van der Waals surface area contributed by atoms with Crippen LogP contribution in [0.5, 0.6) is 5.75 Å². The summed E-state index contributed by atoms with van der Waals surface area (Å²) in [5.74, 6) is 0.777. The van der Waals surface area contributed by atoms with Gasteiger partial charge in [-0.25, -0.2) is 13.1 Å². The van der Waals surface area contributed by atoms with E-state index >= 15 is 0 Å². The Kier molecular flexibility index (Phi) is 6.26. The highest BCUT2D eigenvalue weighted by Crippen LogP contribution is 2.24. The average molecular weight is 376 g/mol. The zero-order valence-corrected chi connectivity index (χ0v) is 15.6. The molecule has 3 rings (SSSR count). The highest BCUT2D eigenvalue weighted by Gasteiger charge is 2.25. The van der Waals surface area contributed by atoms with Crippen LogP contribution in [0.3, 0.4) is 0 Å². The van der Waals surface area contributed by atoms with Gasteiger partial charge in [-0.2, -0.15) is 0 Å². The van der Waals surface area contributed by atoms with E-state index in [9.17, 15) is 8.42 Å². The van der Waals surface area contributed by atoms with Crippen LogP contribution in [0.4, 0.5) is 0 Å². The summed E-state index contributed by atoms with van der Waals surface area (Å²) >= 11 is 0. The van der Waals surface area contributed by atoms with Gasteiger partial charge in [-0.05, 0) is 29.8 Å². The minimum absolute atomic E-state index is 0.0664. The molecular weight excluding hydrogens is 352 g/mol. The number of morpholine rings is 1. The minimum Gasteiger partial charge on any atom is -0.497 e. The summed E-state index contributed by atoms with van der Waals surface area (Å²) < 4.78 is 38.6. The number of sulfonamides is 1. The molecule has 2 aromatic rings. The van der Waals surface area contributed by atoms with E-state index in [0.29, 0.717) is 19.8 Å². The van der Waals surface area contributed by atoms with E-state index in [2.05, 4.69) is 9.62 Å². The molecule has 6 nitrogen and oxygen atoms in total. The van der Waals surface area contributed by atoms with Crippen LogP contribution in [0, 0.1) is 0 Å². The van der Waals surface area contributed by atoms with Crippen LogP contribution in [0.15, 0.2) is 59.5 Å². The molecule has 0 saturated carbocycles. The Balaban J connectivity index is 1.79. The Morgan fingerprint density at radius 2 is 1.73 bits per heavy atom. The van der Waals surface area contributed by atoms with Crippen molar-refractivity contribution in [1.29, 1.82) is 0 Å². The van der Waals surface area contributed by atoms with E-state index in [1.807, 2.05) is 24.3 Å². The van der Waals surface area contributed by atoms with E-state index in [0.717, 1.165) is 24.4 Å². The predicted molar refractivity (Wildman–Crippen MR) is 99.8 cm³/mol. The zero-order chi connectivity index (χ0) is 18.4. The standard InChI is InChI=1S/C19H24N2O4S/c1-24-17-9-7-16(8-10-17)19(21-11-13-25-14-12-21)15-20-26(22,23)18-5-3-2-4-6-18/h2-10,19-20H,11-15H2,1H3. The lowest BCUT2D eigenvalue weighted by atomic mass is 10.0. The van der Waals surface area contributed by atoms with Crippen molar-refractivity contribution in [3.63, 3.8) is 0 Å². The fourth-order valence-electron chi connectivity index (χ4n) is 3.04. The molecule has 1 heterocycles. The summed E-state index contributed by atoms with van der Waals surface area (Å²) in [7, 11) is -1.92. The number of ether oxygens (including phenoxy) is 2. The molecule has 1 atom stereocenters. The van der Waals surface area contributed by atoms with E-state index < -0.39 is 10.0 Å². The largest absolute Gasteiger partial charge is 0.497 e. The maximum Gasteiger partial charge on any atom is 0.240 e. The molecule has 26 heavy (non-hydrogen) atoms. The molecule has 1 aliphatic rings. The third-order valence-corrected chi connectivity index (χ3v) is 5.95. The van der Waals surface area contributed by atoms with Crippen LogP contribution in [0.2, 0.25) is 0 Å². The number of nitrogens with zero attached hydrogens (tertiary/aromatic N) is 1. The van der Waals surface area contributed by atoms with Crippen LogP contribution in [0.25, 0.3) is 0 Å². The van der Waals surface area contributed by atoms with Crippen LogP contribution in [-0.4, -0.2) is 53.3 Å². The maximum absolute atomic E-state index is 12.6. The molecule has 0 radical (unpaired) electrons. The van der Waals surface area contributed by atoms with Crippen molar-refractivity contribution in [2.45, 2.75) is 10.9 Å². The van der Waals surface area contributed by atoms with E-state index in [1.54, 1.807) is 37.4 Å². The van der Waals surface area contributed by atoms with Crippen molar-refractivity contribution in [3.05, 3.63) is 60.2 Å². The molecular formula is C19H24N2O4S. The quantitative estimate of drug-likeness (QED) is 0.801. The normalized spacial score (nSPS) is 17.0. The van der Waals surface area contributed by atoms with Crippen LogP contribution in [-0.2, 0) is 14.8 Å². The average Bonchev–Trinajstić information content (AvgIpc) is 2.70. The Morgan fingerprint density at radius 3 is 2.35 bits per heavy atom. The molecule has 0 spiro atoms. The highest BCUT2D eigenvalue weighted by molar-refractivity contribution is 7.89. The zero-order valence-electron chi connectivity index (χ0n) is 14.8. The van der Waals surface area contributed by atoms with Crippen molar-refractivity contribution in [2.75, 3.05) is 40.0 Å². The molecule has 0 amide bonds. The van der Waals surface area contributed by atoms with Crippen LogP contribution < -0.4 is 9.46 Å². The summed E-state index contributed by atoms with van der Waals surface area (Å²) in [6.07, 6.45) is 0. The van der Waals surface area contributed by atoms with Gasteiger partial charge in [0.15, 0.2) is 0 Å². The molecule has 2 aromatic carbocycles. The lowest BCUT2D eigenvalue weighted by molar-refractivity contribution is 0.0172. The monoisotopic (exact) mass is 376 g/mol. The van der Waals surface area contributed by atoms with E-state index in [1.165, 1.54) is 0 Å². The SMILES string of the molecule is COc1ccc(C(CNS(=O)(=O)c2ccccc2)N2CCOCC2)cc1. The van der Waals surface area contributed by atoms with Gasteiger partial charge < -0.3 is 9.47 Å². The number of methoxy groups -OCH3 is 1. The third-order valence-electron chi connectivity index (χ3n) is 4.51. The van der Waals surface area contributed by atoms with Gasteiger partial charge in [0.05, 0.1) is 25.2 Å². The first-order valence-electron chi connectivity index (χ1n) is 8.60. The maximum atomic E-state index is 12.6. The topological polar surface area (TPSA) is 67.9 Å². The first-order chi connectivity index (χ1) is 12.6. The molecule has 0 aliphatic carbocycles. The van der Waals surface area contributed by atoms with Gasteiger partial charge in [0.1, 0.15) is 5.75 Å². The van der Waals surface area contributed by atoms with Crippen molar-refractivity contribution in [1.82, 2.24) is 9.62 Å². The first kappa shape index (κ1) is 18.8. The highest BCUT2D eigenvalue weighted by atomic mass is 32.2. The molecule has 7 heteroatoms. The molecule has 1 saturated heterocycles. The third kappa shape index (κ3) is 4.62. The second-order valence-corrected chi connectivity index (χ2v) is 7.87. The summed E-state index contributed by atoms with van der Waals surface area (Å²) in [5, 5.41) is 0. The van der Waals surface area contributed by atoms with Crippen molar-refractivity contribution < 1.29 is 17.9 Å². The van der Waals surface area contributed by atoms with Gasteiger partial charge in [-0.15, -0.1) is 0 Å². The smallest absolute Gasteiger partial charge is 0.240 e. The molecule has 1 unspecified atom stereocenters. The Labute approximate surface area is 154 Å².